The molecule has 0 aliphatic carbocycles. The molecule has 1 amide bonds. The lowest BCUT2D eigenvalue weighted by Crippen LogP contribution is -2.42. The quantitative estimate of drug-likeness (QED) is 0.610. The molecule has 0 spiro atoms. The zero-order chi connectivity index (χ0) is 14.9. The highest BCUT2D eigenvalue weighted by Crippen LogP contribution is 2.27. The van der Waals surface area contributed by atoms with Crippen LogP contribution in [0.25, 0.3) is 0 Å². The Morgan fingerprint density at radius 3 is 2.75 bits per heavy atom. The fraction of sp³-hybridized carbons (Fsp3) is 0.583. The standard InChI is InChI=1S/C12H17N3O5/c1-7-6-15(12(20)13-10(7)19)11-8(17)5-9(18)14(11)3-2-4-16/h6,8,11,16-17H,2-5H2,1H3,(H,13,19,20)/t8-,11+/m0/s1. The Labute approximate surface area is 114 Å². The van der Waals surface area contributed by atoms with E-state index in [1.54, 1.807) is 0 Å². The van der Waals surface area contributed by atoms with Gasteiger partial charge in [0.15, 0.2) is 0 Å². The van der Waals surface area contributed by atoms with E-state index < -0.39 is 23.5 Å². The highest BCUT2D eigenvalue weighted by atomic mass is 16.3. The van der Waals surface area contributed by atoms with Gasteiger partial charge in [0, 0.05) is 24.9 Å². The second-order valence-corrected chi connectivity index (χ2v) is 4.83. The van der Waals surface area contributed by atoms with Crippen molar-refractivity contribution in [2.45, 2.75) is 32.0 Å². The van der Waals surface area contributed by atoms with E-state index in [1.807, 2.05) is 0 Å². The smallest absolute Gasteiger partial charge is 0.330 e. The first-order valence-electron chi connectivity index (χ1n) is 6.36. The minimum absolute atomic E-state index is 0.0826. The molecule has 0 aromatic carbocycles. The Bertz CT molecular complexity index is 620. The third kappa shape index (κ3) is 2.52. The van der Waals surface area contributed by atoms with Gasteiger partial charge in [0.2, 0.25) is 5.91 Å². The van der Waals surface area contributed by atoms with Gasteiger partial charge in [-0.3, -0.25) is 19.1 Å². The molecule has 0 unspecified atom stereocenters. The minimum Gasteiger partial charge on any atom is -0.396 e. The molecule has 2 rings (SSSR count). The fourth-order valence-electron chi connectivity index (χ4n) is 2.37. The van der Waals surface area contributed by atoms with Crippen LogP contribution in [0.2, 0.25) is 0 Å². The number of carbonyl (C=O) groups excluding carboxylic acids is 1. The number of aliphatic hydroxyl groups excluding tert-OH is 2. The summed E-state index contributed by atoms with van der Waals surface area (Å²) in [5.74, 6) is -0.285. The van der Waals surface area contributed by atoms with E-state index in [9.17, 15) is 19.5 Å². The molecular weight excluding hydrogens is 266 g/mol. The summed E-state index contributed by atoms with van der Waals surface area (Å²) < 4.78 is 1.16. The van der Waals surface area contributed by atoms with Gasteiger partial charge in [-0.1, -0.05) is 0 Å². The fourth-order valence-corrected chi connectivity index (χ4v) is 2.37. The molecular formula is C12H17N3O5. The summed E-state index contributed by atoms with van der Waals surface area (Å²) in [5, 5.41) is 18.8. The van der Waals surface area contributed by atoms with Gasteiger partial charge < -0.3 is 15.1 Å². The number of aryl methyl sites for hydroxylation is 1. The molecule has 0 bridgehead atoms. The number of aromatic nitrogens is 2. The van der Waals surface area contributed by atoms with Crippen molar-refractivity contribution < 1.29 is 15.0 Å². The number of likely N-dealkylation sites (tertiary alicyclic amines) is 1. The predicted molar refractivity (Wildman–Crippen MR) is 69.1 cm³/mol. The van der Waals surface area contributed by atoms with Crippen LogP contribution in [0.4, 0.5) is 0 Å². The Hall–Kier alpha value is -1.93. The summed E-state index contributed by atoms with van der Waals surface area (Å²) in [6.07, 6.45) is -0.270. The molecule has 1 fully saturated rings. The summed E-state index contributed by atoms with van der Waals surface area (Å²) in [5.41, 5.74) is -0.849. The second-order valence-electron chi connectivity index (χ2n) is 4.83. The molecule has 1 aliphatic rings. The largest absolute Gasteiger partial charge is 0.396 e. The number of aliphatic hydroxyl groups is 2. The van der Waals surface area contributed by atoms with Crippen LogP contribution >= 0.6 is 0 Å². The van der Waals surface area contributed by atoms with Crippen molar-refractivity contribution in [1.82, 2.24) is 14.5 Å². The number of amides is 1. The van der Waals surface area contributed by atoms with E-state index in [0.717, 1.165) is 4.57 Å². The summed E-state index contributed by atoms with van der Waals surface area (Å²) in [6.45, 7) is 1.68. The highest BCUT2D eigenvalue weighted by molar-refractivity contribution is 5.79. The number of nitrogens with zero attached hydrogens (tertiary/aromatic N) is 2. The number of aromatic amines is 1. The van der Waals surface area contributed by atoms with Crippen LogP contribution in [0.3, 0.4) is 0 Å². The van der Waals surface area contributed by atoms with E-state index in [0.29, 0.717) is 12.0 Å². The van der Waals surface area contributed by atoms with Gasteiger partial charge in [0.25, 0.3) is 5.56 Å². The van der Waals surface area contributed by atoms with Gasteiger partial charge in [-0.15, -0.1) is 0 Å². The molecule has 1 saturated heterocycles. The lowest BCUT2D eigenvalue weighted by atomic mass is 10.2. The van der Waals surface area contributed by atoms with Gasteiger partial charge in [-0.25, -0.2) is 4.79 Å². The van der Waals surface area contributed by atoms with Crippen molar-refractivity contribution in [2.24, 2.45) is 0 Å². The molecule has 1 aromatic heterocycles. The van der Waals surface area contributed by atoms with Crippen molar-refractivity contribution >= 4 is 5.91 Å². The summed E-state index contributed by atoms with van der Waals surface area (Å²) in [6, 6.07) is 0. The van der Waals surface area contributed by atoms with E-state index in [4.69, 9.17) is 5.11 Å². The van der Waals surface area contributed by atoms with E-state index in [1.165, 1.54) is 18.0 Å². The zero-order valence-corrected chi connectivity index (χ0v) is 11.1. The van der Waals surface area contributed by atoms with E-state index >= 15 is 0 Å². The molecule has 8 heteroatoms. The Morgan fingerprint density at radius 2 is 2.10 bits per heavy atom. The predicted octanol–water partition coefficient (Wildman–Crippen LogP) is -1.68. The third-order valence-corrected chi connectivity index (χ3v) is 3.36. The van der Waals surface area contributed by atoms with Crippen molar-refractivity contribution in [3.05, 3.63) is 32.6 Å². The van der Waals surface area contributed by atoms with Crippen LogP contribution in [0.1, 0.15) is 24.6 Å². The molecule has 110 valence electrons. The first kappa shape index (κ1) is 14.5. The molecule has 0 radical (unpaired) electrons. The molecule has 8 nitrogen and oxygen atoms in total. The molecule has 2 heterocycles. The van der Waals surface area contributed by atoms with E-state index in [2.05, 4.69) is 4.98 Å². The SMILES string of the molecule is Cc1cn([C@@H]2[C@@H](O)CC(=O)N2CCCO)c(=O)[nH]c1=O. The Kier molecular flexibility index (Phi) is 4.05. The molecule has 3 N–H and O–H groups in total. The summed E-state index contributed by atoms with van der Waals surface area (Å²) in [4.78, 5) is 38.6. The van der Waals surface area contributed by atoms with Crippen molar-refractivity contribution in [3.8, 4) is 0 Å². The van der Waals surface area contributed by atoms with Gasteiger partial charge in [-0.2, -0.15) is 0 Å². The monoisotopic (exact) mass is 283 g/mol. The maximum atomic E-state index is 11.9. The van der Waals surface area contributed by atoms with Gasteiger partial charge >= 0.3 is 5.69 Å². The second kappa shape index (κ2) is 5.59. The van der Waals surface area contributed by atoms with Crippen LogP contribution in [0.15, 0.2) is 15.8 Å². The first-order valence-corrected chi connectivity index (χ1v) is 6.36. The van der Waals surface area contributed by atoms with Crippen molar-refractivity contribution in [3.63, 3.8) is 0 Å². The zero-order valence-electron chi connectivity index (χ0n) is 11.1. The molecule has 20 heavy (non-hydrogen) atoms. The summed E-state index contributed by atoms with van der Waals surface area (Å²) in [7, 11) is 0. The molecule has 1 aromatic rings. The first-order chi connectivity index (χ1) is 9.45. The number of nitrogens with one attached hydrogen (secondary N) is 1. The lowest BCUT2D eigenvalue weighted by molar-refractivity contribution is -0.130. The third-order valence-electron chi connectivity index (χ3n) is 3.36. The lowest BCUT2D eigenvalue weighted by Gasteiger charge is -2.27. The normalized spacial score (nSPS) is 22.6. The number of H-pyrrole nitrogens is 1. The van der Waals surface area contributed by atoms with Crippen LogP contribution in [0.5, 0.6) is 0 Å². The molecule has 2 atom stereocenters. The number of hydrogen-bond donors (Lipinski definition) is 3. The Morgan fingerprint density at radius 1 is 1.40 bits per heavy atom. The molecule has 1 aliphatic heterocycles. The maximum Gasteiger partial charge on any atom is 0.330 e. The van der Waals surface area contributed by atoms with E-state index in [-0.39, 0.29) is 25.5 Å². The van der Waals surface area contributed by atoms with Gasteiger partial charge in [-0.05, 0) is 13.3 Å². The van der Waals surface area contributed by atoms with Crippen molar-refractivity contribution in [2.75, 3.05) is 13.2 Å². The van der Waals surface area contributed by atoms with Crippen molar-refractivity contribution in [1.29, 1.82) is 0 Å². The van der Waals surface area contributed by atoms with Crippen LogP contribution in [0, 0.1) is 6.92 Å². The number of carbonyl (C=O) groups is 1. The maximum absolute atomic E-state index is 11.9. The minimum atomic E-state index is -1.02. The van der Waals surface area contributed by atoms with Gasteiger partial charge in [0.1, 0.15) is 12.3 Å². The average Bonchev–Trinajstić information content (AvgIpc) is 2.66. The van der Waals surface area contributed by atoms with Crippen LogP contribution < -0.4 is 11.2 Å². The average molecular weight is 283 g/mol. The summed E-state index contributed by atoms with van der Waals surface area (Å²) >= 11 is 0. The Balaban J connectivity index is 2.43. The number of hydrogen-bond acceptors (Lipinski definition) is 5. The van der Waals surface area contributed by atoms with Gasteiger partial charge in [0.05, 0.1) is 6.42 Å². The van der Waals surface area contributed by atoms with Crippen LogP contribution in [-0.4, -0.2) is 49.8 Å². The molecule has 0 saturated carbocycles. The topological polar surface area (TPSA) is 116 Å². The number of rotatable bonds is 4. The highest BCUT2D eigenvalue weighted by Gasteiger charge is 2.40. The van der Waals surface area contributed by atoms with Crippen LogP contribution in [-0.2, 0) is 4.79 Å².